The number of carbonyl (C=O) groups is 1. The Bertz CT molecular complexity index is 328. The average Bonchev–Trinajstić information content (AvgIpc) is 2.93. The first-order valence-electron chi connectivity index (χ1n) is 5.13. The third kappa shape index (κ3) is 2.19. The SMILES string of the molecule is Cn1ncnc1CCCC(=O)C1CC1. The van der Waals surface area contributed by atoms with Gasteiger partial charge in [-0.05, 0) is 19.3 Å². The van der Waals surface area contributed by atoms with Crippen LogP contribution in [0.4, 0.5) is 0 Å². The lowest BCUT2D eigenvalue weighted by Crippen LogP contribution is -2.04. The number of aryl methyl sites for hydroxylation is 2. The number of carbonyl (C=O) groups excluding carboxylic acids is 1. The standard InChI is InChI=1S/C10H15N3O/c1-13-10(11-7-12-13)4-2-3-9(14)8-5-6-8/h7-8H,2-6H2,1H3. The van der Waals surface area contributed by atoms with E-state index in [1.807, 2.05) is 7.05 Å². The monoisotopic (exact) mass is 193 g/mol. The van der Waals surface area contributed by atoms with Crippen LogP contribution >= 0.6 is 0 Å². The number of hydrogen-bond acceptors (Lipinski definition) is 3. The molecule has 0 saturated heterocycles. The maximum atomic E-state index is 11.4. The fourth-order valence-electron chi connectivity index (χ4n) is 1.58. The van der Waals surface area contributed by atoms with Crippen molar-refractivity contribution in [2.45, 2.75) is 32.1 Å². The molecule has 0 radical (unpaired) electrons. The Hall–Kier alpha value is -1.19. The van der Waals surface area contributed by atoms with Gasteiger partial charge in [-0.25, -0.2) is 4.98 Å². The Morgan fingerprint density at radius 2 is 2.43 bits per heavy atom. The second kappa shape index (κ2) is 3.90. The normalized spacial score (nSPS) is 15.8. The lowest BCUT2D eigenvalue weighted by Gasteiger charge is -1.99. The fourth-order valence-corrected chi connectivity index (χ4v) is 1.58. The molecule has 1 aromatic rings. The van der Waals surface area contributed by atoms with Gasteiger partial charge in [0.25, 0.3) is 0 Å². The van der Waals surface area contributed by atoms with E-state index >= 15 is 0 Å². The second-order valence-electron chi connectivity index (χ2n) is 3.89. The summed E-state index contributed by atoms with van der Waals surface area (Å²) in [5.74, 6) is 1.80. The van der Waals surface area contributed by atoms with Gasteiger partial charge >= 0.3 is 0 Å². The van der Waals surface area contributed by atoms with Gasteiger partial charge in [0, 0.05) is 25.8 Å². The Balaban J connectivity index is 1.72. The van der Waals surface area contributed by atoms with Gasteiger partial charge < -0.3 is 0 Å². The van der Waals surface area contributed by atoms with Gasteiger partial charge in [0.15, 0.2) is 0 Å². The summed E-state index contributed by atoms with van der Waals surface area (Å²) in [7, 11) is 1.88. The van der Waals surface area contributed by atoms with Crippen molar-refractivity contribution in [2.75, 3.05) is 0 Å². The average molecular weight is 193 g/mol. The lowest BCUT2D eigenvalue weighted by atomic mass is 10.1. The number of hydrogen-bond donors (Lipinski definition) is 0. The highest BCUT2D eigenvalue weighted by atomic mass is 16.1. The summed E-state index contributed by atoms with van der Waals surface area (Å²) in [6.45, 7) is 0. The molecular weight excluding hydrogens is 178 g/mol. The largest absolute Gasteiger partial charge is 0.299 e. The van der Waals surface area contributed by atoms with Gasteiger partial charge in [-0.1, -0.05) is 0 Å². The van der Waals surface area contributed by atoms with Gasteiger partial charge in [-0.3, -0.25) is 9.48 Å². The molecule has 1 heterocycles. The van der Waals surface area contributed by atoms with Gasteiger partial charge in [-0.15, -0.1) is 0 Å². The first-order valence-corrected chi connectivity index (χ1v) is 5.13. The molecule has 1 aliphatic carbocycles. The molecule has 0 N–H and O–H groups in total. The molecule has 14 heavy (non-hydrogen) atoms. The predicted molar refractivity (Wildman–Crippen MR) is 51.7 cm³/mol. The van der Waals surface area contributed by atoms with Crippen molar-refractivity contribution in [2.24, 2.45) is 13.0 Å². The van der Waals surface area contributed by atoms with Crippen molar-refractivity contribution in [3.63, 3.8) is 0 Å². The van der Waals surface area contributed by atoms with Crippen LogP contribution < -0.4 is 0 Å². The lowest BCUT2D eigenvalue weighted by molar-refractivity contribution is -0.120. The van der Waals surface area contributed by atoms with Crippen LogP contribution in [0.25, 0.3) is 0 Å². The summed E-state index contributed by atoms with van der Waals surface area (Å²) in [6.07, 6.45) is 6.25. The first-order chi connectivity index (χ1) is 6.77. The molecule has 1 aliphatic rings. The van der Waals surface area contributed by atoms with E-state index in [9.17, 15) is 4.79 Å². The minimum absolute atomic E-state index is 0.398. The fraction of sp³-hybridized carbons (Fsp3) is 0.700. The van der Waals surface area contributed by atoms with Gasteiger partial charge in [-0.2, -0.15) is 5.10 Å². The molecule has 4 heteroatoms. The molecular formula is C10H15N3O. The Labute approximate surface area is 83.3 Å². The van der Waals surface area contributed by atoms with Crippen molar-refractivity contribution in [3.05, 3.63) is 12.2 Å². The zero-order valence-electron chi connectivity index (χ0n) is 8.44. The smallest absolute Gasteiger partial charge is 0.138 e. The molecule has 4 nitrogen and oxygen atoms in total. The Morgan fingerprint density at radius 1 is 1.64 bits per heavy atom. The third-order valence-electron chi connectivity index (χ3n) is 2.66. The first kappa shape index (κ1) is 9.37. The molecule has 0 aromatic carbocycles. The highest BCUT2D eigenvalue weighted by Crippen LogP contribution is 2.31. The Morgan fingerprint density at radius 3 is 3.00 bits per heavy atom. The van der Waals surface area contributed by atoms with Crippen LogP contribution in [0.3, 0.4) is 0 Å². The molecule has 76 valence electrons. The molecule has 1 aromatic heterocycles. The van der Waals surface area contributed by atoms with Crippen molar-refractivity contribution < 1.29 is 4.79 Å². The highest BCUT2D eigenvalue weighted by molar-refractivity contribution is 5.83. The summed E-state index contributed by atoms with van der Waals surface area (Å²) in [5, 5.41) is 3.98. The number of aromatic nitrogens is 3. The minimum atomic E-state index is 0.398. The predicted octanol–water partition coefficient (Wildman–Crippen LogP) is 1.12. The number of rotatable bonds is 5. The summed E-state index contributed by atoms with van der Waals surface area (Å²) in [4.78, 5) is 15.5. The highest BCUT2D eigenvalue weighted by Gasteiger charge is 2.28. The van der Waals surface area contributed by atoms with E-state index in [1.54, 1.807) is 11.0 Å². The van der Waals surface area contributed by atoms with Crippen molar-refractivity contribution >= 4 is 5.78 Å². The zero-order chi connectivity index (χ0) is 9.97. The van der Waals surface area contributed by atoms with E-state index in [4.69, 9.17) is 0 Å². The maximum absolute atomic E-state index is 11.4. The molecule has 0 atom stereocenters. The van der Waals surface area contributed by atoms with E-state index < -0.39 is 0 Å². The topological polar surface area (TPSA) is 47.8 Å². The molecule has 1 saturated carbocycles. The number of Topliss-reactive ketones (excluding diaryl/α,β-unsaturated/α-hetero) is 1. The van der Waals surface area contributed by atoms with Gasteiger partial charge in [0.1, 0.15) is 17.9 Å². The quantitative estimate of drug-likeness (QED) is 0.704. The van der Waals surface area contributed by atoms with Crippen LogP contribution in [0.2, 0.25) is 0 Å². The molecule has 0 aliphatic heterocycles. The summed E-state index contributed by atoms with van der Waals surface area (Å²) >= 11 is 0. The van der Waals surface area contributed by atoms with E-state index in [-0.39, 0.29) is 0 Å². The molecule has 2 rings (SSSR count). The molecule has 1 fully saturated rings. The van der Waals surface area contributed by atoms with E-state index in [2.05, 4.69) is 10.1 Å². The molecule has 0 amide bonds. The van der Waals surface area contributed by atoms with E-state index in [1.165, 1.54) is 0 Å². The zero-order valence-corrected chi connectivity index (χ0v) is 8.44. The summed E-state index contributed by atoms with van der Waals surface area (Å²) in [5.41, 5.74) is 0. The van der Waals surface area contributed by atoms with Crippen LogP contribution in [0.5, 0.6) is 0 Å². The number of ketones is 1. The van der Waals surface area contributed by atoms with Crippen molar-refractivity contribution in [1.82, 2.24) is 14.8 Å². The number of nitrogens with zero attached hydrogens (tertiary/aromatic N) is 3. The van der Waals surface area contributed by atoms with E-state index in [0.717, 1.165) is 31.5 Å². The minimum Gasteiger partial charge on any atom is -0.299 e. The molecule has 0 unspecified atom stereocenters. The van der Waals surface area contributed by atoms with Crippen LogP contribution in [-0.4, -0.2) is 20.5 Å². The van der Waals surface area contributed by atoms with Crippen molar-refractivity contribution in [3.8, 4) is 0 Å². The summed E-state index contributed by atoms with van der Waals surface area (Å²) < 4.78 is 1.77. The van der Waals surface area contributed by atoms with Crippen LogP contribution in [0.15, 0.2) is 6.33 Å². The van der Waals surface area contributed by atoms with Gasteiger partial charge in [0.2, 0.25) is 0 Å². The molecule has 0 spiro atoms. The van der Waals surface area contributed by atoms with Gasteiger partial charge in [0.05, 0.1) is 0 Å². The van der Waals surface area contributed by atoms with Crippen molar-refractivity contribution in [1.29, 1.82) is 0 Å². The third-order valence-corrected chi connectivity index (χ3v) is 2.66. The maximum Gasteiger partial charge on any atom is 0.138 e. The van der Waals surface area contributed by atoms with E-state index in [0.29, 0.717) is 18.1 Å². The van der Waals surface area contributed by atoms with Crippen LogP contribution in [0, 0.1) is 5.92 Å². The van der Waals surface area contributed by atoms with Crippen LogP contribution in [-0.2, 0) is 18.3 Å². The molecule has 0 bridgehead atoms. The second-order valence-corrected chi connectivity index (χ2v) is 3.89. The Kier molecular flexibility index (Phi) is 2.61. The summed E-state index contributed by atoms with van der Waals surface area (Å²) in [6, 6.07) is 0. The van der Waals surface area contributed by atoms with Crippen LogP contribution in [0.1, 0.15) is 31.5 Å².